The van der Waals surface area contributed by atoms with Crippen LogP contribution in [0.5, 0.6) is 0 Å². The standard InChI is InChI=1S/C11H13BrFNO/c1-2-14-7-11(15)5-8-3-9(12)6-10(13)4-8/h3-4,6,14H,2,5,7H2,1H3. The molecule has 82 valence electrons. The van der Waals surface area contributed by atoms with Gasteiger partial charge in [-0.1, -0.05) is 22.9 Å². The fourth-order valence-electron chi connectivity index (χ4n) is 1.27. The zero-order chi connectivity index (χ0) is 11.3. The van der Waals surface area contributed by atoms with E-state index in [1.807, 2.05) is 6.92 Å². The number of ketones is 1. The van der Waals surface area contributed by atoms with Gasteiger partial charge in [0.25, 0.3) is 0 Å². The molecular weight excluding hydrogens is 261 g/mol. The molecule has 15 heavy (non-hydrogen) atoms. The molecule has 0 amide bonds. The summed E-state index contributed by atoms with van der Waals surface area (Å²) >= 11 is 3.19. The van der Waals surface area contributed by atoms with E-state index in [2.05, 4.69) is 21.2 Å². The SMILES string of the molecule is CCNCC(=O)Cc1cc(F)cc(Br)c1. The van der Waals surface area contributed by atoms with E-state index in [1.165, 1.54) is 12.1 Å². The van der Waals surface area contributed by atoms with Crippen molar-refractivity contribution in [3.8, 4) is 0 Å². The van der Waals surface area contributed by atoms with Gasteiger partial charge in [0.15, 0.2) is 5.78 Å². The smallest absolute Gasteiger partial charge is 0.150 e. The Morgan fingerprint density at radius 1 is 1.47 bits per heavy atom. The number of carbonyl (C=O) groups is 1. The summed E-state index contributed by atoms with van der Waals surface area (Å²) in [6.07, 6.45) is 0.267. The molecule has 1 aromatic carbocycles. The van der Waals surface area contributed by atoms with Crippen LogP contribution in [0.3, 0.4) is 0 Å². The molecule has 2 nitrogen and oxygen atoms in total. The van der Waals surface area contributed by atoms with Gasteiger partial charge in [-0.05, 0) is 30.3 Å². The summed E-state index contributed by atoms with van der Waals surface area (Å²) in [5.41, 5.74) is 0.699. The second-order valence-electron chi connectivity index (χ2n) is 3.27. The number of hydrogen-bond acceptors (Lipinski definition) is 2. The average molecular weight is 274 g/mol. The van der Waals surface area contributed by atoms with Crippen LogP contribution in [-0.4, -0.2) is 18.9 Å². The van der Waals surface area contributed by atoms with Crippen LogP contribution in [0.2, 0.25) is 0 Å². The van der Waals surface area contributed by atoms with Crippen molar-refractivity contribution in [2.45, 2.75) is 13.3 Å². The topological polar surface area (TPSA) is 29.1 Å². The average Bonchev–Trinajstić information content (AvgIpc) is 2.13. The molecule has 0 aliphatic carbocycles. The predicted molar refractivity (Wildman–Crippen MR) is 61.4 cm³/mol. The van der Waals surface area contributed by atoms with Gasteiger partial charge in [0, 0.05) is 10.9 Å². The van der Waals surface area contributed by atoms with Gasteiger partial charge in [-0.3, -0.25) is 4.79 Å². The minimum atomic E-state index is -0.323. The van der Waals surface area contributed by atoms with E-state index in [4.69, 9.17) is 0 Å². The molecule has 0 aromatic heterocycles. The Bertz CT molecular complexity index is 334. The number of halogens is 2. The third-order valence-electron chi connectivity index (χ3n) is 1.90. The molecule has 4 heteroatoms. The number of Topliss-reactive ketones (excluding diaryl/α,β-unsaturated/α-hetero) is 1. The highest BCUT2D eigenvalue weighted by molar-refractivity contribution is 9.10. The predicted octanol–water partition coefficient (Wildman–Crippen LogP) is 2.31. The summed E-state index contributed by atoms with van der Waals surface area (Å²) in [6.45, 7) is 3.04. The molecule has 0 fully saturated rings. The van der Waals surface area contributed by atoms with Crippen LogP contribution in [0.4, 0.5) is 4.39 Å². The fourth-order valence-corrected chi connectivity index (χ4v) is 1.78. The molecule has 0 bridgehead atoms. The Hall–Kier alpha value is -0.740. The minimum Gasteiger partial charge on any atom is -0.310 e. The zero-order valence-electron chi connectivity index (χ0n) is 8.52. The molecule has 0 aliphatic rings. The molecule has 1 N–H and O–H groups in total. The lowest BCUT2D eigenvalue weighted by molar-refractivity contribution is -0.117. The van der Waals surface area contributed by atoms with Crippen molar-refractivity contribution in [2.24, 2.45) is 0 Å². The lowest BCUT2D eigenvalue weighted by Gasteiger charge is -2.03. The van der Waals surface area contributed by atoms with E-state index >= 15 is 0 Å². The van der Waals surface area contributed by atoms with E-state index in [0.717, 1.165) is 6.54 Å². The second-order valence-corrected chi connectivity index (χ2v) is 4.19. The van der Waals surface area contributed by atoms with Gasteiger partial charge < -0.3 is 5.32 Å². The molecule has 0 atom stereocenters. The van der Waals surface area contributed by atoms with Gasteiger partial charge in [-0.25, -0.2) is 4.39 Å². The van der Waals surface area contributed by atoms with Crippen LogP contribution in [0.1, 0.15) is 12.5 Å². The summed E-state index contributed by atoms with van der Waals surface area (Å²) < 4.78 is 13.6. The van der Waals surface area contributed by atoms with Gasteiger partial charge in [0.2, 0.25) is 0 Å². The van der Waals surface area contributed by atoms with Crippen LogP contribution in [-0.2, 0) is 11.2 Å². The minimum absolute atomic E-state index is 0.0642. The highest BCUT2D eigenvalue weighted by atomic mass is 79.9. The van der Waals surface area contributed by atoms with Crippen LogP contribution in [0.25, 0.3) is 0 Å². The first-order valence-corrected chi connectivity index (χ1v) is 5.58. The van der Waals surface area contributed by atoms with Crippen molar-refractivity contribution in [3.05, 3.63) is 34.1 Å². The molecule has 1 rings (SSSR count). The molecule has 0 radical (unpaired) electrons. The Labute approximate surface area is 97.0 Å². The summed E-state index contributed by atoms with van der Waals surface area (Å²) in [5, 5.41) is 2.94. The second kappa shape index (κ2) is 5.98. The van der Waals surface area contributed by atoms with Crippen molar-refractivity contribution in [1.29, 1.82) is 0 Å². The number of rotatable bonds is 5. The Morgan fingerprint density at radius 3 is 2.80 bits per heavy atom. The maximum Gasteiger partial charge on any atom is 0.150 e. The lowest BCUT2D eigenvalue weighted by Crippen LogP contribution is -2.23. The number of carbonyl (C=O) groups excluding carboxylic acids is 1. The number of nitrogens with one attached hydrogen (secondary N) is 1. The molecule has 0 spiro atoms. The summed E-state index contributed by atoms with van der Waals surface area (Å²) in [5.74, 6) is -0.259. The van der Waals surface area contributed by atoms with Gasteiger partial charge in [0.1, 0.15) is 5.82 Å². The highest BCUT2D eigenvalue weighted by Gasteiger charge is 2.05. The van der Waals surface area contributed by atoms with Gasteiger partial charge in [0.05, 0.1) is 6.54 Å². The Balaban J connectivity index is 2.60. The Kier molecular flexibility index (Phi) is 4.91. The molecule has 0 heterocycles. The highest BCUT2D eigenvalue weighted by Crippen LogP contribution is 2.15. The van der Waals surface area contributed by atoms with Crippen LogP contribution in [0, 0.1) is 5.82 Å². The number of hydrogen-bond donors (Lipinski definition) is 1. The maximum absolute atomic E-state index is 13.0. The van der Waals surface area contributed by atoms with Crippen molar-refractivity contribution in [1.82, 2.24) is 5.32 Å². The summed E-state index contributed by atoms with van der Waals surface area (Å²) in [4.78, 5) is 11.4. The van der Waals surface area contributed by atoms with Crippen LogP contribution in [0.15, 0.2) is 22.7 Å². The largest absolute Gasteiger partial charge is 0.310 e. The van der Waals surface area contributed by atoms with Crippen molar-refractivity contribution in [3.63, 3.8) is 0 Å². The van der Waals surface area contributed by atoms with E-state index in [-0.39, 0.29) is 18.0 Å². The Morgan fingerprint density at radius 2 is 2.20 bits per heavy atom. The van der Waals surface area contributed by atoms with E-state index in [1.54, 1.807) is 6.07 Å². The fraction of sp³-hybridized carbons (Fsp3) is 0.364. The van der Waals surface area contributed by atoms with E-state index < -0.39 is 0 Å². The molecule has 0 saturated carbocycles. The van der Waals surface area contributed by atoms with E-state index in [0.29, 0.717) is 16.6 Å². The molecule has 0 aliphatic heterocycles. The van der Waals surface area contributed by atoms with Gasteiger partial charge in [-0.2, -0.15) is 0 Å². The molecule has 0 saturated heterocycles. The summed E-state index contributed by atoms with van der Waals surface area (Å²) in [6, 6.07) is 4.51. The quantitative estimate of drug-likeness (QED) is 0.892. The monoisotopic (exact) mass is 273 g/mol. The summed E-state index contributed by atoms with van der Waals surface area (Å²) in [7, 11) is 0. The first-order valence-electron chi connectivity index (χ1n) is 4.79. The first-order chi connectivity index (χ1) is 7.11. The van der Waals surface area contributed by atoms with Crippen molar-refractivity contribution in [2.75, 3.05) is 13.1 Å². The lowest BCUT2D eigenvalue weighted by atomic mass is 10.1. The van der Waals surface area contributed by atoms with Crippen LogP contribution < -0.4 is 5.32 Å². The van der Waals surface area contributed by atoms with Crippen molar-refractivity contribution < 1.29 is 9.18 Å². The normalized spacial score (nSPS) is 10.3. The number of likely N-dealkylation sites (N-methyl/N-ethyl adjacent to an activating group) is 1. The third-order valence-corrected chi connectivity index (χ3v) is 2.35. The third kappa shape index (κ3) is 4.53. The zero-order valence-corrected chi connectivity index (χ0v) is 10.1. The first kappa shape index (κ1) is 12.3. The van der Waals surface area contributed by atoms with Gasteiger partial charge >= 0.3 is 0 Å². The van der Waals surface area contributed by atoms with Crippen molar-refractivity contribution >= 4 is 21.7 Å². The van der Waals surface area contributed by atoms with Gasteiger partial charge in [-0.15, -0.1) is 0 Å². The molecule has 1 aromatic rings. The van der Waals surface area contributed by atoms with Crippen LogP contribution >= 0.6 is 15.9 Å². The molecular formula is C11H13BrFNO. The maximum atomic E-state index is 13.0. The number of benzene rings is 1. The molecule has 0 unspecified atom stereocenters. The van der Waals surface area contributed by atoms with E-state index in [9.17, 15) is 9.18 Å².